The minimum absolute atomic E-state index is 0.0868. The molecule has 0 unspecified atom stereocenters. The van der Waals surface area contributed by atoms with Crippen molar-refractivity contribution in [1.82, 2.24) is 14.7 Å². The molecule has 0 saturated carbocycles. The van der Waals surface area contributed by atoms with Gasteiger partial charge in [0.2, 0.25) is 5.91 Å². The molecule has 0 bridgehead atoms. The molecule has 0 radical (unpaired) electrons. The molecule has 7 heteroatoms. The molecule has 0 fully saturated rings. The van der Waals surface area contributed by atoms with Crippen LogP contribution in [0.25, 0.3) is 16.9 Å². The van der Waals surface area contributed by atoms with E-state index in [9.17, 15) is 9.59 Å². The number of amides is 3. The van der Waals surface area contributed by atoms with Gasteiger partial charge in [0, 0.05) is 23.9 Å². The third kappa shape index (κ3) is 6.18. The van der Waals surface area contributed by atoms with Gasteiger partial charge in [-0.2, -0.15) is 5.10 Å². The van der Waals surface area contributed by atoms with Crippen LogP contribution >= 0.6 is 0 Å². The molecule has 4 rings (SSSR count). The molecule has 1 aromatic heterocycles. The van der Waals surface area contributed by atoms with Gasteiger partial charge in [-0.05, 0) is 36.6 Å². The number of para-hydroxylation sites is 2. The van der Waals surface area contributed by atoms with E-state index >= 15 is 0 Å². The van der Waals surface area contributed by atoms with Crippen LogP contribution in [0.1, 0.15) is 19.4 Å². The Labute approximate surface area is 211 Å². The monoisotopic (exact) mass is 481 g/mol. The molecule has 7 nitrogen and oxygen atoms in total. The summed E-state index contributed by atoms with van der Waals surface area (Å²) in [7, 11) is 0. The molecular weight excluding hydrogens is 450 g/mol. The molecule has 0 spiro atoms. The van der Waals surface area contributed by atoms with Crippen LogP contribution in [-0.4, -0.2) is 39.7 Å². The number of aromatic nitrogens is 2. The highest BCUT2D eigenvalue weighted by Gasteiger charge is 2.21. The second-order valence-electron chi connectivity index (χ2n) is 9.10. The van der Waals surface area contributed by atoms with Crippen molar-refractivity contribution in [3.63, 3.8) is 0 Å². The van der Waals surface area contributed by atoms with Crippen molar-refractivity contribution in [2.24, 2.45) is 5.92 Å². The summed E-state index contributed by atoms with van der Waals surface area (Å²) in [5.74, 6) is 0.432. The van der Waals surface area contributed by atoms with Crippen molar-refractivity contribution >= 4 is 23.4 Å². The average molecular weight is 482 g/mol. The smallest absolute Gasteiger partial charge is 0.315 e. The van der Waals surface area contributed by atoms with E-state index in [1.54, 1.807) is 4.68 Å². The molecule has 0 aliphatic carbocycles. The summed E-state index contributed by atoms with van der Waals surface area (Å²) in [6.45, 7) is 6.32. The quantitative estimate of drug-likeness (QED) is 0.325. The molecule has 0 saturated heterocycles. The molecule has 184 valence electrons. The van der Waals surface area contributed by atoms with E-state index < -0.39 is 0 Å². The first-order valence-electron chi connectivity index (χ1n) is 12.0. The Kier molecular flexibility index (Phi) is 7.80. The third-order valence-electron chi connectivity index (χ3n) is 5.64. The van der Waals surface area contributed by atoms with Crippen LogP contribution in [0.5, 0.6) is 0 Å². The highest BCUT2D eigenvalue weighted by molar-refractivity contribution is 5.97. The van der Waals surface area contributed by atoms with Crippen molar-refractivity contribution in [3.8, 4) is 16.9 Å². The summed E-state index contributed by atoms with van der Waals surface area (Å²) in [6, 6.07) is 28.6. The average Bonchev–Trinajstić information content (AvgIpc) is 3.29. The lowest BCUT2D eigenvalue weighted by Crippen LogP contribution is -2.42. The van der Waals surface area contributed by atoms with E-state index in [1.165, 1.54) is 4.90 Å². The first-order valence-corrected chi connectivity index (χ1v) is 12.0. The Morgan fingerprint density at radius 2 is 1.53 bits per heavy atom. The predicted molar refractivity (Wildman–Crippen MR) is 144 cm³/mol. The largest absolute Gasteiger partial charge is 0.322 e. The molecule has 4 aromatic rings. The summed E-state index contributed by atoms with van der Waals surface area (Å²) in [5.41, 5.74) is 4.20. The van der Waals surface area contributed by atoms with Gasteiger partial charge in [0.15, 0.2) is 0 Å². The molecule has 36 heavy (non-hydrogen) atoms. The van der Waals surface area contributed by atoms with E-state index in [2.05, 4.69) is 10.6 Å². The summed E-state index contributed by atoms with van der Waals surface area (Å²) in [4.78, 5) is 27.8. The number of anilines is 2. The number of rotatable bonds is 8. The molecule has 0 atom stereocenters. The van der Waals surface area contributed by atoms with E-state index in [1.807, 2.05) is 112 Å². The standard InChI is InChI=1S/C29H31N5O2/c1-21(2)19-33(29(36)30-25-17-11-10-12-22(25)3)20-28(35)31-27-18-26(23-13-6-4-7-14-23)32-34(27)24-15-8-5-9-16-24/h4-18,21H,19-20H2,1-3H3,(H,30,36)(H,31,35). The lowest BCUT2D eigenvalue weighted by Gasteiger charge is -2.25. The van der Waals surface area contributed by atoms with Crippen molar-refractivity contribution in [2.45, 2.75) is 20.8 Å². The number of nitrogens with zero attached hydrogens (tertiary/aromatic N) is 3. The van der Waals surface area contributed by atoms with E-state index in [4.69, 9.17) is 5.10 Å². The first-order chi connectivity index (χ1) is 17.4. The maximum Gasteiger partial charge on any atom is 0.322 e. The second-order valence-corrected chi connectivity index (χ2v) is 9.10. The van der Waals surface area contributed by atoms with Gasteiger partial charge >= 0.3 is 6.03 Å². The Bertz CT molecular complexity index is 1320. The van der Waals surface area contributed by atoms with Gasteiger partial charge in [0.25, 0.3) is 0 Å². The summed E-state index contributed by atoms with van der Waals surface area (Å²) in [6.07, 6.45) is 0. The summed E-state index contributed by atoms with van der Waals surface area (Å²) in [5, 5.41) is 10.7. The molecule has 0 aliphatic heterocycles. The van der Waals surface area contributed by atoms with Crippen LogP contribution in [0, 0.1) is 12.8 Å². The van der Waals surface area contributed by atoms with Crippen molar-refractivity contribution in [2.75, 3.05) is 23.7 Å². The third-order valence-corrected chi connectivity index (χ3v) is 5.64. The van der Waals surface area contributed by atoms with Gasteiger partial charge in [-0.25, -0.2) is 9.48 Å². The minimum atomic E-state index is -0.310. The number of urea groups is 1. The Hall–Kier alpha value is -4.39. The molecule has 0 aliphatic rings. The maximum atomic E-state index is 13.2. The van der Waals surface area contributed by atoms with Crippen LogP contribution < -0.4 is 10.6 Å². The molecule has 2 N–H and O–H groups in total. The number of carbonyl (C=O) groups excluding carboxylic acids is 2. The molecule has 3 aromatic carbocycles. The summed E-state index contributed by atoms with van der Waals surface area (Å²) < 4.78 is 1.71. The van der Waals surface area contributed by atoms with Gasteiger partial charge in [-0.3, -0.25) is 4.79 Å². The van der Waals surface area contributed by atoms with Crippen LogP contribution in [0.4, 0.5) is 16.3 Å². The van der Waals surface area contributed by atoms with E-state index in [0.29, 0.717) is 12.4 Å². The number of hydrogen-bond acceptors (Lipinski definition) is 3. The highest BCUT2D eigenvalue weighted by Crippen LogP contribution is 2.25. The van der Waals surface area contributed by atoms with Crippen LogP contribution in [0.15, 0.2) is 91.0 Å². The number of hydrogen-bond donors (Lipinski definition) is 2. The number of carbonyl (C=O) groups is 2. The Balaban J connectivity index is 1.56. The van der Waals surface area contributed by atoms with Gasteiger partial charge < -0.3 is 15.5 Å². The zero-order chi connectivity index (χ0) is 25.5. The van der Waals surface area contributed by atoms with E-state index in [-0.39, 0.29) is 24.4 Å². The van der Waals surface area contributed by atoms with Crippen molar-refractivity contribution in [3.05, 3.63) is 96.6 Å². The predicted octanol–water partition coefficient (Wildman–Crippen LogP) is 5.98. The van der Waals surface area contributed by atoms with Gasteiger partial charge in [0.1, 0.15) is 12.4 Å². The number of nitrogens with one attached hydrogen (secondary N) is 2. The first kappa shape index (κ1) is 24.7. The fraction of sp³-hybridized carbons (Fsp3) is 0.207. The zero-order valence-corrected chi connectivity index (χ0v) is 20.8. The van der Waals surface area contributed by atoms with Crippen molar-refractivity contribution in [1.29, 1.82) is 0 Å². The van der Waals surface area contributed by atoms with Gasteiger partial charge in [0.05, 0.1) is 11.4 Å². The molecule has 1 heterocycles. The maximum absolute atomic E-state index is 13.2. The number of benzene rings is 3. The molecular formula is C29H31N5O2. The van der Waals surface area contributed by atoms with Crippen molar-refractivity contribution < 1.29 is 9.59 Å². The SMILES string of the molecule is Cc1ccccc1NC(=O)N(CC(=O)Nc1cc(-c2ccccc2)nn1-c1ccccc1)CC(C)C. The van der Waals surface area contributed by atoms with E-state index in [0.717, 1.165) is 28.2 Å². The lowest BCUT2D eigenvalue weighted by atomic mass is 10.1. The Morgan fingerprint density at radius 3 is 2.19 bits per heavy atom. The fourth-order valence-corrected chi connectivity index (χ4v) is 3.91. The van der Waals surface area contributed by atoms with Crippen LogP contribution in [0.3, 0.4) is 0 Å². The minimum Gasteiger partial charge on any atom is -0.315 e. The van der Waals surface area contributed by atoms with Gasteiger partial charge in [-0.15, -0.1) is 0 Å². The summed E-state index contributed by atoms with van der Waals surface area (Å²) >= 11 is 0. The second kappa shape index (κ2) is 11.4. The fourth-order valence-electron chi connectivity index (χ4n) is 3.91. The highest BCUT2D eigenvalue weighted by atomic mass is 16.2. The Morgan fingerprint density at radius 1 is 0.889 bits per heavy atom. The lowest BCUT2D eigenvalue weighted by molar-refractivity contribution is -0.116. The number of aryl methyl sites for hydroxylation is 1. The van der Waals surface area contributed by atoms with Crippen LogP contribution in [-0.2, 0) is 4.79 Å². The zero-order valence-electron chi connectivity index (χ0n) is 20.8. The molecule has 3 amide bonds. The topological polar surface area (TPSA) is 79.3 Å². The van der Waals surface area contributed by atoms with Gasteiger partial charge in [-0.1, -0.05) is 80.6 Å². The van der Waals surface area contributed by atoms with Crippen LogP contribution in [0.2, 0.25) is 0 Å². The normalized spacial score (nSPS) is 10.8.